The Hall–Kier alpha value is -2.28. The molecule has 2 aromatic rings. The lowest BCUT2D eigenvalue weighted by Gasteiger charge is -2.15. The number of amides is 1. The van der Waals surface area contributed by atoms with Gasteiger partial charge in [0.2, 0.25) is 0 Å². The average molecular weight is 333 g/mol. The van der Waals surface area contributed by atoms with Crippen molar-refractivity contribution in [1.29, 1.82) is 0 Å². The summed E-state index contributed by atoms with van der Waals surface area (Å²) < 4.78 is 4.59. The summed E-state index contributed by atoms with van der Waals surface area (Å²) in [5, 5.41) is 0.731. The summed E-state index contributed by atoms with van der Waals surface area (Å²) in [5.41, 5.74) is 1.45. The first-order valence-electron chi connectivity index (χ1n) is 7.24. The standard InChI is InChI=1S/C16H19N3O3S/c1-11-14(16(21)19(2)10-6-8-13(20)22-3)23-15(18-11)12-7-4-5-9-17-12/h4-5,7,9H,6,8,10H2,1-3H3. The molecule has 0 aliphatic rings. The molecule has 6 nitrogen and oxygen atoms in total. The number of hydrogen-bond donors (Lipinski definition) is 0. The van der Waals surface area contributed by atoms with Crippen LogP contribution in [0.15, 0.2) is 24.4 Å². The van der Waals surface area contributed by atoms with Crippen molar-refractivity contribution in [2.75, 3.05) is 20.7 Å². The van der Waals surface area contributed by atoms with E-state index >= 15 is 0 Å². The number of ether oxygens (including phenoxy) is 1. The maximum atomic E-state index is 12.5. The highest BCUT2D eigenvalue weighted by Crippen LogP contribution is 2.27. The van der Waals surface area contributed by atoms with E-state index in [1.165, 1.54) is 18.4 Å². The number of rotatable bonds is 6. The third kappa shape index (κ3) is 4.35. The molecule has 0 aromatic carbocycles. The number of aryl methyl sites for hydroxylation is 1. The fourth-order valence-corrected chi connectivity index (χ4v) is 3.07. The molecule has 0 unspecified atom stereocenters. The molecular weight excluding hydrogens is 314 g/mol. The zero-order valence-corrected chi connectivity index (χ0v) is 14.2. The molecule has 1 amide bonds. The van der Waals surface area contributed by atoms with Crippen LogP contribution in [0.3, 0.4) is 0 Å². The van der Waals surface area contributed by atoms with Crippen LogP contribution in [0.1, 0.15) is 28.2 Å². The molecule has 0 bridgehead atoms. The summed E-state index contributed by atoms with van der Waals surface area (Å²) in [7, 11) is 3.08. The Kier molecular flexibility index (Phi) is 5.81. The van der Waals surface area contributed by atoms with Crippen LogP contribution >= 0.6 is 11.3 Å². The van der Waals surface area contributed by atoms with E-state index in [1.807, 2.05) is 25.1 Å². The molecule has 0 aliphatic heterocycles. The summed E-state index contributed by atoms with van der Waals surface area (Å²) in [6.45, 7) is 2.31. The normalized spacial score (nSPS) is 10.4. The van der Waals surface area contributed by atoms with Crippen molar-refractivity contribution >= 4 is 23.2 Å². The fourth-order valence-electron chi connectivity index (χ4n) is 2.03. The van der Waals surface area contributed by atoms with E-state index in [1.54, 1.807) is 18.1 Å². The minimum atomic E-state index is -0.266. The van der Waals surface area contributed by atoms with E-state index in [0.29, 0.717) is 30.0 Å². The monoisotopic (exact) mass is 333 g/mol. The summed E-state index contributed by atoms with van der Waals surface area (Å²) in [4.78, 5) is 34.5. The van der Waals surface area contributed by atoms with E-state index < -0.39 is 0 Å². The highest BCUT2D eigenvalue weighted by atomic mass is 32.1. The number of thiazole rings is 1. The molecule has 0 fully saturated rings. The lowest BCUT2D eigenvalue weighted by molar-refractivity contribution is -0.140. The van der Waals surface area contributed by atoms with Gasteiger partial charge < -0.3 is 9.64 Å². The van der Waals surface area contributed by atoms with Gasteiger partial charge in [0.25, 0.3) is 5.91 Å². The van der Waals surface area contributed by atoms with Crippen LogP contribution in [-0.2, 0) is 9.53 Å². The lowest BCUT2D eigenvalue weighted by Crippen LogP contribution is -2.28. The Balaban J connectivity index is 2.05. The molecule has 0 saturated heterocycles. The molecule has 2 heterocycles. The highest BCUT2D eigenvalue weighted by molar-refractivity contribution is 7.17. The third-order valence-electron chi connectivity index (χ3n) is 3.32. The van der Waals surface area contributed by atoms with Gasteiger partial charge in [-0.25, -0.2) is 4.98 Å². The molecule has 0 aliphatic carbocycles. The van der Waals surface area contributed by atoms with Gasteiger partial charge in [-0.15, -0.1) is 11.3 Å². The number of pyridine rings is 1. The largest absolute Gasteiger partial charge is 0.469 e. The molecule has 122 valence electrons. The van der Waals surface area contributed by atoms with Crippen LogP contribution in [0.25, 0.3) is 10.7 Å². The molecule has 0 saturated carbocycles. The molecule has 0 spiro atoms. The smallest absolute Gasteiger partial charge is 0.305 e. The molecule has 2 aromatic heterocycles. The van der Waals surface area contributed by atoms with E-state index in [0.717, 1.165) is 10.7 Å². The molecular formula is C16H19N3O3S. The number of esters is 1. The Bertz CT molecular complexity index is 685. The van der Waals surface area contributed by atoms with E-state index in [-0.39, 0.29) is 11.9 Å². The van der Waals surface area contributed by atoms with Gasteiger partial charge in [-0.3, -0.25) is 14.6 Å². The second kappa shape index (κ2) is 7.82. The van der Waals surface area contributed by atoms with Crippen molar-refractivity contribution in [3.63, 3.8) is 0 Å². The molecule has 23 heavy (non-hydrogen) atoms. The topological polar surface area (TPSA) is 72.4 Å². The van der Waals surface area contributed by atoms with Gasteiger partial charge in [0.1, 0.15) is 9.88 Å². The Labute approximate surface area is 139 Å². The van der Waals surface area contributed by atoms with Crippen molar-refractivity contribution in [3.8, 4) is 10.7 Å². The van der Waals surface area contributed by atoms with Crippen LogP contribution < -0.4 is 0 Å². The maximum absolute atomic E-state index is 12.5. The lowest BCUT2D eigenvalue weighted by atomic mass is 10.3. The summed E-state index contributed by atoms with van der Waals surface area (Å²) in [6.07, 6.45) is 2.57. The van der Waals surface area contributed by atoms with Gasteiger partial charge in [0.05, 0.1) is 18.5 Å². The summed E-state index contributed by atoms with van der Waals surface area (Å²) >= 11 is 1.34. The Morgan fingerprint density at radius 3 is 2.78 bits per heavy atom. The number of carbonyl (C=O) groups is 2. The Morgan fingerprint density at radius 1 is 1.35 bits per heavy atom. The van der Waals surface area contributed by atoms with Crippen LogP contribution in [0.2, 0.25) is 0 Å². The SMILES string of the molecule is COC(=O)CCCN(C)C(=O)c1sc(-c2ccccn2)nc1C. The maximum Gasteiger partial charge on any atom is 0.305 e. The highest BCUT2D eigenvalue weighted by Gasteiger charge is 2.20. The minimum Gasteiger partial charge on any atom is -0.469 e. The molecule has 2 rings (SSSR count). The number of methoxy groups -OCH3 is 1. The first-order chi connectivity index (χ1) is 11.0. The number of carbonyl (C=O) groups excluding carboxylic acids is 2. The second-order valence-electron chi connectivity index (χ2n) is 5.05. The summed E-state index contributed by atoms with van der Waals surface area (Å²) in [6, 6.07) is 5.59. The zero-order chi connectivity index (χ0) is 16.8. The summed E-state index contributed by atoms with van der Waals surface area (Å²) in [5.74, 6) is -0.357. The van der Waals surface area contributed by atoms with Crippen LogP contribution in [0, 0.1) is 6.92 Å². The first-order valence-corrected chi connectivity index (χ1v) is 8.05. The molecule has 0 atom stereocenters. The molecule has 0 radical (unpaired) electrons. The van der Waals surface area contributed by atoms with Gasteiger partial charge in [-0.1, -0.05) is 6.07 Å². The van der Waals surface area contributed by atoms with Crippen molar-refractivity contribution in [2.45, 2.75) is 19.8 Å². The molecule has 7 heteroatoms. The van der Waals surface area contributed by atoms with Gasteiger partial charge in [0.15, 0.2) is 0 Å². The number of nitrogens with zero attached hydrogens (tertiary/aromatic N) is 3. The average Bonchev–Trinajstić information content (AvgIpc) is 2.96. The van der Waals surface area contributed by atoms with E-state index in [4.69, 9.17) is 0 Å². The van der Waals surface area contributed by atoms with Crippen molar-refractivity contribution in [1.82, 2.24) is 14.9 Å². The van der Waals surface area contributed by atoms with Gasteiger partial charge in [0, 0.05) is 26.2 Å². The second-order valence-corrected chi connectivity index (χ2v) is 6.05. The van der Waals surface area contributed by atoms with Gasteiger partial charge in [-0.05, 0) is 25.5 Å². The van der Waals surface area contributed by atoms with Crippen LogP contribution in [0.4, 0.5) is 0 Å². The van der Waals surface area contributed by atoms with Crippen molar-refractivity contribution in [2.24, 2.45) is 0 Å². The van der Waals surface area contributed by atoms with Crippen molar-refractivity contribution in [3.05, 3.63) is 35.0 Å². The van der Waals surface area contributed by atoms with E-state index in [2.05, 4.69) is 14.7 Å². The van der Waals surface area contributed by atoms with Crippen molar-refractivity contribution < 1.29 is 14.3 Å². The Morgan fingerprint density at radius 2 is 2.13 bits per heavy atom. The zero-order valence-electron chi connectivity index (χ0n) is 13.4. The quantitative estimate of drug-likeness (QED) is 0.760. The first kappa shape index (κ1) is 17.1. The number of aromatic nitrogens is 2. The fraction of sp³-hybridized carbons (Fsp3) is 0.375. The van der Waals surface area contributed by atoms with Crippen LogP contribution in [0.5, 0.6) is 0 Å². The van der Waals surface area contributed by atoms with Gasteiger partial charge >= 0.3 is 5.97 Å². The predicted octanol–water partition coefficient (Wildman–Crippen LogP) is 2.54. The predicted molar refractivity (Wildman–Crippen MR) is 88.3 cm³/mol. The van der Waals surface area contributed by atoms with Gasteiger partial charge in [-0.2, -0.15) is 0 Å². The third-order valence-corrected chi connectivity index (χ3v) is 4.49. The molecule has 0 N–H and O–H groups in total. The minimum absolute atomic E-state index is 0.0907. The van der Waals surface area contributed by atoms with Crippen LogP contribution in [-0.4, -0.2) is 47.4 Å². The van der Waals surface area contributed by atoms with E-state index in [9.17, 15) is 9.59 Å². The number of hydrogen-bond acceptors (Lipinski definition) is 6.